The molecule has 7 nitrogen and oxygen atoms in total. The Morgan fingerprint density at radius 2 is 2.08 bits per heavy atom. The Morgan fingerprint density at radius 1 is 1.32 bits per heavy atom. The van der Waals surface area contributed by atoms with E-state index in [0.29, 0.717) is 24.3 Å². The van der Waals surface area contributed by atoms with Gasteiger partial charge in [0, 0.05) is 30.2 Å². The van der Waals surface area contributed by atoms with E-state index in [4.69, 9.17) is 4.74 Å². The number of hydrogen-bond donors (Lipinski definition) is 0. The van der Waals surface area contributed by atoms with Crippen LogP contribution in [0.1, 0.15) is 24.1 Å². The van der Waals surface area contributed by atoms with Crippen LogP contribution in [0.15, 0.2) is 35.6 Å². The van der Waals surface area contributed by atoms with Crippen molar-refractivity contribution in [3.63, 3.8) is 0 Å². The molecule has 2 aromatic heterocycles. The number of carbonyl (C=O) groups is 1. The maximum Gasteiger partial charge on any atom is 0.256 e. The zero-order valence-corrected chi connectivity index (χ0v) is 14.5. The lowest BCUT2D eigenvalue weighted by molar-refractivity contribution is -0.134. The van der Waals surface area contributed by atoms with E-state index < -0.39 is 0 Å². The first-order chi connectivity index (χ1) is 12.0. The van der Waals surface area contributed by atoms with Gasteiger partial charge in [0.25, 0.3) is 5.56 Å². The molecule has 0 aromatic carbocycles. The van der Waals surface area contributed by atoms with Gasteiger partial charge in [-0.1, -0.05) is 0 Å². The molecule has 1 fully saturated rings. The average molecular weight is 342 g/mol. The summed E-state index contributed by atoms with van der Waals surface area (Å²) in [6.45, 7) is 4.73. The number of piperidine rings is 1. The first-order valence-electron chi connectivity index (χ1n) is 8.41. The Kier molecular flexibility index (Phi) is 5.11. The summed E-state index contributed by atoms with van der Waals surface area (Å²) in [7, 11) is 0. The van der Waals surface area contributed by atoms with Gasteiger partial charge >= 0.3 is 0 Å². The molecule has 0 radical (unpaired) electrons. The maximum atomic E-state index is 12.6. The SMILES string of the molecule is Cc1ncn(CC(=O)N2CCCC(Oc3ccncc3)C2)c(=O)c1C. The van der Waals surface area contributed by atoms with Gasteiger partial charge in [-0.25, -0.2) is 4.98 Å². The number of carbonyl (C=O) groups excluding carboxylic acids is 1. The van der Waals surface area contributed by atoms with Gasteiger partial charge < -0.3 is 9.64 Å². The van der Waals surface area contributed by atoms with Crippen LogP contribution >= 0.6 is 0 Å². The molecule has 0 saturated carbocycles. The molecule has 25 heavy (non-hydrogen) atoms. The van der Waals surface area contributed by atoms with Gasteiger partial charge in [0.05, 0.1) is 12.9 Å². The molecule has 3 rings (SSSR count). The largest absolute Gasteiger partial charge is 0.488 e. The van der Waals surface area contributed by atoms with Gasteiger partial charge in [-0.05, 0) is 38.8 Å². The lowest BCUT2D eigenvalue weighted by Gasteiger charge is -2.33. The molecule has 0 N–H and O–H groups in total. The van der Waals surface area contributed by atoms with Crippen LogP contribution in [0, 0.1) is 13.8 Å². The zero-order chi connectivity index (χ0) is 17.8. The minimum absolute atomic E-state index is 0.00886. The lowest BCUT2D eigenvalue weighted by Crippen LogP contribution is -2.46. The van der Waals surface area contributed by atoms with E-state index in [-0.39, 0.29) is 24.1 Å². The van der Waals surface area contributed by atoms with Crippen molar-refractivity contribution in [2.45, 2.75) is 39.3 Å². The van der Waals surface area contributed by atoms with Gasteiger partial charge in [0.2, 0.25) is 5.91 Å². The number of rotatable bonds is 4. The number of pyridine rings is 1. The predicted molar refractivity (Wildman–Crippen MR) is 92.4 cm³/mol. The molecular formula is C18H22N4O3. The average Bonchev–Trinajstić information content (AvgIpc) is 2.63. The highest BCUT2D eigenvalue weighted by Gasteiger charge is 2.25. The molecule has 2 aromatic rings. The molecule has 1 saturated heterocycles. The van der Waals surface area contributed by atoms with Crippen molar-refractivity contribution in [1.82, 2.24) is 19.4 Å². The van der Waals surface area contributed by atoms with Crippen LogP contribution in [0.2, 0.25) is 0 Å². The third-order valence-electron chi connectivity index (χ3n) is 4.50. The third kappa shape index (κ3) is 4.04. The Hall–Kier alpha value is -2.70. The summed E-state index contributed by atoms with van der Waals surface area (Å²) in [5, 5.41) is 0. The van der Waals surface area contributed by atoms with Gasteiger partial charge in [-0.3, -0.25) is 19.1 Å². The molecule has 1 aliphatic rings. The molecule has 0 aliphatic carbocycles. The summed E-state index contributed by atoms with van der Waals surface area (Å²) in [5.74, 6) is 0.666. The number of ether oxygens (including phenoxy) is 1. The second-order valence-electron chi connectivity index (χ2n) is 6.29. The number of likely N-dealkylation sites (tertiary alicyclic amines) is 1. The van der Waals surface area contributed by atoms with Crippen LogP contribution in [-0.4, -0.2) is 44.5 Å². The number of nitrogens with zero attached hydrogens (tertiary/aromatic N) is 4. The van der Waals surface area contributed by atoms with Crippen LogP contribution in [0.3, 0.4) is 0 Å². The van der Waals surface area contributed by atoms with E-state index in [1.165, 1.54) is 10.9 Å². The number of aromatic nitrogens is 3. The fourth-order valence-corrected chi connectivity index (χ4v) is 2.90. The number of hydrogen-bond acceptors (Lipinski definition) is 5. The first kappa shape index (κ1) is 17.1. The van der Waals surface area contributed by atoms with E-state index in [9.17, 15) is 9.59 Å². The van der Waals surface area contributed by atoms with E-state index >= 15 is 0 Å². The van der Waals surface area contributed by atoms with E-state index in [1.807, 2.05) is 0 Å². The zero-order valence-electron chi connectivity index (χ0n) is 14.5. The standard InChI is InChI=1S/C18H22N4O3/c1-13-14(2)20-12-22(18(13)24)11-17(23)21-9-3-4-16(10-21)25-15-5-7-19-8-6-15/h5-8,12,16H,3-4,9-11H2,1-2H3. The summed E-state index contributed by atoms with van der Waals surface area (Å²) < 4.78 is 7.30. The summed E-state index contributed by atoms with van der Waals surface area (Å²) >= 11 is 0. The Balaban J connectivity index is 1.64. The highest BCUT2D eigenvalue weighted by atomic mass is 16.5. The van der Waals surface area contributed by atoms with Crippen molar-refractivity contribution in [3.05, 3.63) is 52.5 Å². The van der Waals surface area contributed by atoms with Crippen LogP contribution in [0.5, 0.6) is 5.75 Å². The molecule has 1 atom stereocenters. The highest BCUT2D eigenvalue weighted by Crippen LogP contribution is 2.18. The van der Waals surface area contributed by atoms with Gasteiger partial charge in [0.1, 0.15) is 18.4 Å². The molecule has 0 bridgehead atoms. The topological polar surface area (TPSA) is 77.3 Å². The van der Waals surface area contributed by atoms with Crippen molar-refractivity contribution in [2.75, 3.05) is 13.1 Å². The summed E-state index contributed by atoms with van der Waals surface area (Å²) in [5.41, 5.74) is 1.10. The molecule has 1 unspecified atom stereocenters. The molecule has 1 amide bonds. The number of amides is 1. The monoisotopic (exact) mass is 342 g/mol. The van der Waals surface area contributed by atoms with Crippen LogP contribution < -0.4 is 10.3 Å². The quantitative estimate of drug-likeness (QED) is 0.838. The lowest BCUT2D eigenvalue weighted by atomic mass is 10.1. The van der Waals surface area contributed by atoms with Crippen molar-refractivity contribution in [2.24, 2.45) is 0 Å². The first-order valence-corrected chi connectivity index (χ1v) is 8.41. The highest BCUT2D eigenvalue weighted by molar-refractivity contribution is 5.76. The Labute approximate surface area is 146 Å². The summed E-state index contributed by atoms with van der Waals surface area (Å²) in [6.07, 6.45) is 6.53. The fraction of sp³-hybridized carbons (Fsp3) is 0.444. The van der Waals surface area contributed by atoms with Crippen molar-refractivity contribution in [1.29, 1.82) is 0 Å². The minimum atomic E-state index is -0.164. The van der Waals surface area contributed by atoms with Crippen LogP contribution in [0.25, 0.3) is 0 Å². The van der Waals surface area contributed by atoms with Crippen molar-refractivity contribution in [3.8, 4) is 5.75 Å². The molecule has 3 heterocycles. The van der Waals surface area contributed by atoms with Gasteiger partial charge in [0.15, 0.2) is 0 Å². The van der Waals surface area contributed by atoms with Crippen LogP contribution in [0.4, 0.5) is 0 Å². The molecule has 7 heteroatoms. The summed E-state index contributed by atoms with van der Waals surface area (Å²) in [4.78, 5) is 34.7. The van der Waals surface area contributed by atoms with Crippen molar-refractivity contribution < 1.29 is 9.53 Å². The summed E-state index contributed by atoms with van der Waals surface area (Å²) in [6, 6.07) is 3.61. The Bertz CT molecular complexity index is 804. The molecule has 132 valence electrons. The predicted octanol–water partition coefficient (Wildman–Crippen LogP) is 1.33. The van der Waals surface area contributed by atoms with E-state index in [1.54, 1.807) is 43.3 Å². The molecule has 0 spiro atoms. The number of aryl methyl sites for hydroxylation is 1. The van der Waals surface area contributed by atoms with E-state index in [2.05, 4.69) is 9.97 Å². The third-order valence-corrected chi connectivity index (χ3v) is 4.50. The molecule has 1 aliphatic heterocycles. The second-order valence-corrected chi connectivity index (χ2v) is 6.29. The van der Waals surface area contributed by atoms with Crippen molar-refractivity contribution >= 4 is 5.91 Å². The fourth-order valence-electron chi connectivity index (χ4n) is 2.90. The Morgan fingerprint density at radius 3 is 2.84 bits per heavy atom. The second kappa shape index (κ2) is 7.46. The van der Waals surface area contributed by atoms with Gasteiger partial charge in [-0.2, -0.15) is 0 Å². The van der Waals surface area contributed by atoms with Gasteiger partial charge in [-0.15, -0.1) is 0 Å². The smallest absolute Gasteiger partial charge is 0.256 e. The van der Waals surface area contributed by atoms with E-state index in [0.717, 1.165) is 18.6 Å². The normalized spacial score (nSPS) is 17.4. The molecular weight excluding hydrogens is 320 g/mol. The maximum absolute atomic E-state index is 12.6. The van der Waals surface area contributed by atoms with Crippen LogP contribution in [-0.2, 0) is 11.3 Å². The minimum Gasteiger partial charge on any atom is -0.488 e.